The molecule has 150 valence electrons. The molecule has 30 heavy (non-hydrogen) atoms. The minimum atomic E-state index is -0.432. The monoisotopic (exact) mass is 403 g/mol. The SMILES string of the molecule is Cc1nc(Oc2ccc(NC(=O)Nc3ccc(F)cc3)cc2)cc(-n2cccc2)n1. The molecule has 0 unspecified atom stereocenters. The predicted octanol–water partition coefficient (Wildman–Crippen LogP) is 5.15. The van der Waals surface area contributed by atoms with Crippen LogP contribution in [0.25, 0.3) is 5.82 Å². The van der Waals surface area contributed by atoms with Crippen LogP contribution in [0.2, 0.25) is 0 Å². The largest absolute Gasteiger partial charge is 0.439 e. The van der Waals surface area contributed by atoms with Gasteiger partial charge in [-0.05, 0) is 67.6 Å². The molecule has 4 aromatic rings. The Hall–Kier alpha value is -4.20. The lowest BCUT2D eigenvalue weighted by molar-refractivity contribution is 0.262. The predicted molar refractivity (Wildman–Crippen MR) is 112 cm³/mol. The van der Waals surface area contributed by atoms with Crippen LogP contribution in [0, 0.1) is 12.7 Å². The van der Waals surface area contributed by atoms with E-state index in [1.54, 1.807) is 37.3 Å². The number of rotatable bonds is 5. The van der Waals surface area contributed by atoms with Crippen LogP contribution in [0.3, 0.4) is 0 Å². The van der Waals surface area contributed by atoms with Crippen molar-refractivity contribution >= 4 is 17.4 Å². The van der Waals surface area contributed by atoms with Crippen molar-refractivity contribution in [3.8, 4) is 17.4 Å². The van der Waals surface area contributed by atoms with Gasteiger partial charge in [-0.3, -0.25) is 0 Å². The number of hydrogen-bond acceptors (Lipinski definition) is 4. The standard InChI is InChI=1S/C22H18FN5O2/c1-15-24-20(28-12-2-3-13-28)14-21(25-15)30-19-10-8-18(9-11-19)27-22(29)26-17-6-4-16(23)5-7-17/h2-14H,1H3,(H2,26,27,29). The van der Waals surface area contributed by atoms with Crippen LogP contribution in [0.1, 0.15) is 5.82 Å². The van der Waals surface area contributed by atoms with Crippen LogP contribution in [-0.4, -0.2) is 20.6 Å². The summed E-state index contributed by atoms with van der Waals surface area (Å²) in [6.07, 6.45) is 3.78. The van der Waals surface area contributed by atoms with Crippen LogP contribution in [-0.2, 0) is 0 Å². The van der Waals surface area contributed by atoms with E-state index >= 15 is 0 Å². The molecule has 0 saturated carbocycles. The van der Waals surface area contributed by atoms with E-state index in [1.165, 1.54) is 24.3 Å². The molecule has 0 saturated heterocycles. The lowest BCUT2D eigenvalue weighted by Gasteiger charge is -2.10. The Morgan fingerprint density at radius 2 is 1.53 bits per heavy atom. The van der Waals surface area contributed by atoms with Gasteiger partial charge in [0, 0.05) is 29.8 Å². The summed E-state index contributed by atoms with van der Waals surface area (Å²) in [5, 5.41) is 5.34. The molecule has 2 aromatic carbocycles. The summed E-state index contributed by atoms with van der Waals surface area (Å²) in [4.78, 5) is 20.8. The molecule has 7 nitrogen and oxygen atoms in total. The van der Waals surface area contributed by atoms with Gasteiger partial charge in [0.25, 0.3) is 0 Å². The van der Waals surface area contributed by atoms with Crippen molar-refractivity contribution in [1.29, 1.82) is 0 Å². The highest BCUT2D eigenvalue weighted by atomic mass is 19.1. The molecule has 2 aromatic heterocycles. The summed E-state index contributed by atoms with van der Waals surface area (Å²) in [5.41, 5.74) is 1.07. The smallest absolute Gasteiger partial charge is 0.323 e. The zero-order valence-corrected chi connectivity index (χ0v) is 16.0. The van der Waals surface area contributed by atoms with Gasteiger partial charge >= 0.3 is 6.03 Å². The average molecular weight is 403 g/mol. The van der Waals surface area contributed by atoms with Gasteiger partial charge in [-0.15, -0.1) is 0 Å². The third kappa shape index (κ3) is 4.79. The lowest BCUT2D eigenvalue weighted by Crippen LogP contribution is -2.19. The molecular formula is C22H18FN5O2. The number of carbonyl (C=O) groups excluding carboxylic acids is 1. The number of anilines is 2. The van der Waals surface area contributed by atoms with Gasteiger partial charge in [-0.25, -0.2) is 14.2 Å². The fraction of sp³-hybridized carbons (Fsp3) is 0.0455. The lowest BCUT2D eigenvalue weighted by atomic mass is 10.3. The normalized spacial score (nSPS) is 10.5. The minimum Gasteiger partial charge on any atom is -0.439 e. The number of aryl methyl sites for hydroxylation is 1. The number of nitrogens with zero attached hydrogens (tertiary/aromatic N) is 3. The molecule has 0 aliphatic rings. The fourth-order valence-corrected chi connectivity index (χ4v) is 2.75. The molecule has 0 radical (unpaired) electrons. The quantitative estimate of drug-likeness (QED) is 0.483. The Balaban J connectivity index is 1.40. The van der Waals surface area contributed by atoms with Crippen molar-refractivity contribution in [1.82, 2.24) is 14.5 Å². The summed E-state index contributed by atoms with van der Waals surface area (Å²) in [7, 11) is 0. The Morgan fingerprint density at radius 1 is 0.933 bits per heavy atom. The van der Waals surface area contributed by atoms with Crippen LogP contribution >= 0.6 is 0 Å². The summed E-state index contributed by atoms with van der Waals surface area (Å²) in [5.74, 6) is 1.91. The Morgan fingerprint density at radius 3 is 2.17 bits per heavy atom. The third-order valence-electron chi connectivity index (χ3n) is 4.11. The maximum atomic E-state index is 12.9. The second kappa shape index (κ2) is 8.44. The second-order valence-electron chi connectivity index (χ2n) is 6.41. The highest BCUT2D eigenvalue weighted by molar-refractivity contribution is 5.99. The van der Waals surface area contributed by atoms with Gasteiger partial charge in [-0.1, -0.05) is 0 Å². The summed E-state index contributed by atoms with van der Waals surface area (Å²) in [6, 6.07) is 17.5. The first-order chi connectivity index (χ1) is 14.5. The summed E-state index contributed by atoms with van der Waals surface area (Å²) >= 11 is 0. The van der Waals surface area contributed by atoms with Crippen molar-refractivity contribution in [2.45, 2.75) is 6.92 Å². The molecule has 2 N–H and O–H groups in total. The highest BCUT2D eigenvalue weighted by Crippen LogP contribution is 2.23. The molecule has 2 amide bonds. The molecule has 0 spiro atoms. The number of hydrogen-bond donors (Lipinski definition) is 2. The highest BCUT2D eigenvalue weighted by Gasteiger charge is 2.07. The van der Waals surface area contributed by atoms with E-state index < -0.39 is 6.03 Å². The van der Waals surface area contributed by atoms with E-state index in [-0.39, 0.29) is 5.82 Å². The van der Waals surface area contributed by atoms with Crippen molar-refractivity contribution in [2.75, 3.05) is 10.6 Å². The summed E-state index contributed by atoms with van der Waals surface area (Å²) < 4.78 is 20.6. The van der Waals surface area contributed by atoms with Crippen molar-refractivity contribution < 1.29 is 13.9 Å². The number of benzene rings is 2. The maximum Gasteiger partial charge on any atom is 0.323 e. The van der Waals surface area contributed by atoms with E-state index in [9.17, 15) is 9.18 Å². The van der Waals surface area contributed by atoms with Crippen molar-refractivity contribution in [3.63, 3.8) is 0 Å². The topological polar surface area (TPSA) is 81.1 Å². The second-order valence-corrected chi connectivity index (χ2v) is 6.41. The number of halogens is 1. The van der Waals surface area contributed by atoms with E-state index in [2.05, 4.69) is 20.6 Å². The molecule has 0 bridgehead atoms. The Labute approximate surface area is 172 Å². The fourth-order valence-electron chi connectivity index (χ4n) is 2.75. The third-order valence-corrected chi connectivity index (χ3v) is 4.11. The number of aromatic nitrogens is 3. The van der Waals surface area contributed by atoms with Gasteiger partial charge in [0.15, 0.2) is 0 Å². The zero-order chi connectivity index (χ0) is 20.9. The molecule has 8 heteroatoms. The number of amides is 2. The molecule has 4 rings (SSSR count). The summed E-state index contributed by atoms with van der Waals surface area (Å²) in [6.45, 7) is 1.80. The number of ether oxygens (including phenoxy) is 1. The molecule has 2 heterocycles. The van der Waals surface area contributed by atoms with Crippen LogP contribution in [0.4, 0.5) is 20.6 Å². The molecule has 0 atom stereocenters. The molecule has 0 fully saturated rings. The molecule has 0 aliphatic carbocycles. The van der Waals surface area contributed by atoms with Crippen LogP contribution < -0.4 is 15.4 Å². The van der Waals surface area contributed by atoms with E-state index in [0.717, 1.165) is 0 Å². The van der Waals surface area contributed by atoms with Gasteiger partial charge in [0.1, 0.15) is 23.2 Å². The first kappa shape index (κ1) is 19.1. The van der Waals surface area contributed by atoms with Crippen LogP contribution in [0.15, 0.2) is 79.1 Å². The Kier molecular flexibility index (Phi) is 5.38. The van der Waals surface area contributed by atoms with Gasteiger partial charge in [0.05, 0.1) is 0 Å². The first-order valence-electron chi connectivity index (χ1n) is 9.16. The number of urea groups is 1. The molecule has 0 aliphatic heterocycles. The minimum absolute atomic E-state index is 0.365. The zero-order valence-electron chi connectivity index (χ0n) is 16.0. The molecular weight excluding hydrogens is 385 g/mol. The van der Waals surface area contributed by atoms with Crippen molar-refractivity contribution in [3.05, 3.63) is 90.8 Å². The number of nitrogens with one attached hydrogen (secondary N) is 2. The first-order valence-corrected chi connectivity index (χ1v) is 9.16. The van der Waals surface area contributed by atoms with E-state index in [1.807, 2.05) is 29.1 Å². The van der Waals surface area contributed by atoms with Gasteiger partial charge in [0.2, 0.25) is 5.88 Å². The van der Waals surface area contributed by atoms with Crippen LogP contribution in [0.5, 0.6) is 11.6 Å². The van der Waals surface area contributed by atoms with E-state index in [4.69, 9.17) is 4.74 Å². The maximum absolute atomic E-state index is 12.9. The number of carbonyl (C=O) groups is 1. The van der Waals surface area contributed by atoms with Gasteiger partial charge < -0.3 is 19.9 Å². The average Bonchev–Trinajstić information content (AvgIpc) is 3.26. The van der Waals surface area contributed by atoms with Crippen molar-refractivity contribution in [2.24, 2.45) is 0 Å². The van der Waals surface area contributed by atoms with E-state index in [0.29, 0.717) is 34.6 Å². The Bertz CT molecular complexity index is 1140. The van der Waals surface area contributed by atoms with Gasteiger partial charge in [-0.2, -0.15) is 4.98 Å².